The van der Waals surface area contributed by atoms with Gasteiger partial charge in [-0.15, -0.1) is 0 Å². The molecule has 0 aromatic rings. The predicted molar refractivity (Wildman–Crippen MR) is 50.2 cm³/mol. The molecule has 0 aliphatic carbocycles. The van der Waals surface area contributed by atoms with Crippen molar-refractivity contribution in [3.8, 4) is 12.5 Å². The van der Waals surface area contributed by atoms with Gasteiger partial charge >= 0.3 is 0 Å². The Morgan fingerprint density at radius 1 is 1.45 bits per heavy atom. The molecular formula is C10H19N. The van der Waals surface area contributed by atoms with E-state index in [1.165, 1.54) is 19.3 Å². The molecule has 64 valence electrons. The van der Waals surface area contributed by atoms with E-state index in [9.17, 15) is 0 Å². The maximum absolute atomic E-state index is 5.33. The van der Waals surface area contributed by atoms with Crippen molar-refractivity contribution in [2.75, 3.05) is 6.54 Å². The third kappa shape index (κ3) is 3.93. The molecule has 0 aliphatic heterocycles. The summed E-state index contributed by atoms with van der Waals surface area (Å²) in [5, 5.41) is 0. The standard InChI is InChI=1S/C10H19N/c1-5-8-9-10(4)11(6-2)7-3/h2,10H,5,7-9H2,1,3-4H3. The average molecular weight is 153 g/mol. The van der Waals surface area contributed by atoms with Crippen LogP contribution < -0.4 is 0 Å². The Bertz CT molecular complexity index is 123. The van der Waals surface area contributed by atoms with E-state index in [-0.39, 0.29) is 0 Å². The Morgan fingerprint density at radius 2 is 2.09 bits per heavy atom. The first-order valence-corrected chi connectivity index (χ1v) is 4.49. The second-order valence-electron chi connectivity index (χ2n) is 2.91. The molecule has 1 heteroatoms. The summed E-state index contributed by atoms with van der Waals surface area (Å²) in [5.41, 5.74) is 0. The number of rotatable bonds is 5. The van der Waals surface area contributed by atoms with Gasteiger partial charge in [-0.25, -0.2) is 0 Å². The van der Waals surface area contributed by atoms with Crippen molar-refractivity contribution in [2.24, 2.45) is 0 Å². The number of hydrogen-bond donors (Lipinski definition) is 0. The molecule has 1 unspecified atom stereocenters. The monoisotopic (exact) mass is 153 g/mol. The summed E-state index contributed by atoms with van der Waals surface area (Å²) < 4.78 is 0. The molecule has 0 radical (unpaired) electrons. The molecule has 0 N–H and O–H groups in total. The third-order valence-corrected chi connectivity index (χ3v) is 2.01. The molecule has 1 atom stereocenters. The molecular weight excluding hydrogens is 134 g/mol. The summed E-state index contributed by atoms with van der Waals surface area (Å²) in [5.74, 6) is 0. The molecule has 0 spiro atoms. The topological polar surface area (TPSA) is 3.24 Å². The SMILES string of the molecule is C#CN(CC)C(C)CCCC. The summed E-state index contributed by atoms with van der Waals surface area (Å²) in [7, 11) is 0. The largest absolute Gasteiger partial charge is 0.330 e. The first-order chi connectivity index (χ1) is 5.26. The van der Waals surface area contributed by atoms with Gasteiger partial charge in [0.25, 0.3) is 0 Å². The lowest BCUT2D eigenvalue weighted by molar-refractivity contribution is 0.306. The van der Waals surface area contributed by atoms with Crippen LogP contribution >= 0.6 is 0 Å². The lowest BCUT2D eigenvalue weighted by Gasteiger charge is -2.23. The van der Waals surface area contributed by atoms with E-state index in [0.717, 1.165) is 6.54 Å². The smallest absolute Gasteiger partial charge is 0.0343 e. The van der Waals surface area contributed by atoms with Crippen LogP contribution in [0.4, 0.5) is 0 Å². The van der Waals surface area contributed by atoms with Crippen molar-refractivity contribution in [1.82, 2.24) is 4.90 Å². The Labute approximate surface area is 70.8 Å². The Morgan fingerprint density at radius 3 is 2.45 bits per heavy atom. The Kier molecular flexibility index (Phi) is 5.74. The molecule has 0 fully saturated rings. The van der Waals surface area contributed by atoms with Crippen LogP contribution in [0.5, 0.6) is 0 Å². The van der Waals surface area contributed by atoms with Crippen LogP contribution in [0.2, 0.25) is 0 Å². The molecule has 0 saturated carbocycles. The van der Waals surface area contributed by atoms with E-state index in [4.69, 9.17) is 6.42 Å². The Hall–Kier alpha value is -0.640. The van der Waals surface area contributed by atoms with Crippen LogP contribution in [-0.2, 0) is 0 Å². The van der Waals surface area contributed by atoms with E-state index in [1.54, 1.807) is 0 Å². The molecule has 0 bridgehead atoms. The molecule has 0 aromatic carbocycles. The van der Waals surface area contributed by atoms with Crippen molar-refractivity contribution in [3.05, 3.63) is 0 Å². The fourth-order valence-electron chi connectivity index (χ4n) is 1.19. The average Bonchev–Trinajstić information content (AvgIpc) is 2.03. The summed E-state index contributed by atoms with van der Waals surface area (Å²) in [6.07, 6.45) is 9.08. The minimum absolute atomic E-state index is 0.546. The highest BCUT2D eigenvalue weighted by atomic mass is 15.1. The summed E-state index contributed by atoms with van der Waals surface area (Å²) in [6.45, 7) is 7.46. The van der Waals surface area contributed by atoms with Crippen LogP contribution in [0, 0.1) is 12.5 Å². The first-order valence-electron chi connectivity index (χ1n) is 4.49. The summed E-state index contributed by atoms with van der Waals surface area (Å²) in [6, 6.07) is 3.24. The molecule has 0 heterocycles. The van der Waals surface area contributed by atoms with E-state index >= 15 is 0 Å². The van der Waals surface area contributed by atoms with Gasteiger partial charge in [-0.3, -0.25) is 0 Å². The van der Waals surface area contributed by atoms with Crippen LogP contribution in [-0.4, -0.2) is 17.5 Å². The highest BCUT2D eigenvalue weighted by Crippen LogP contribution is 2.06. The van der Waals surface area contributed by atoms with Gasteiger partial charge in [0.2, 0.25) is 0 Å². The van der Waals surface area contributed by atoms with Gasteiger partial charge in [0, 0.05) is 18.6 Å². The van der Waals surface area contributed by atoms with Crippen molar-refractivity contribution in [2.45, 2.75) is 46.1 Å². The van der Waals surface area contributed by atoms with Gasteiger partial charge in [0.15, 0.2) is 0 Å². The number of hydrogen-bond acceptors (Lipinski definition) is 1. The number of terminal acetylenes is 1. The fraction of sp³-hybridized carbons (Fsp3) is 0.800. The second-order valence-corrected chi connectivity index (χ2v) is 2.91. The van der Waals surface area contributed by atoms with Gasteiger partial charge in [0.05, 0.1) is 0 Å². The number of nitrogens with zero attached hydrogens (tertiary/aromatic N) is 1. The molecule has 0 rings (SSSR count). The molecule has 11 heavy (non-hydrogen) atoms. The minimum atomic E-state index is 0.546. The molecule has 0 aliphatic rings. The quantitative estimate of drug-likeness (QED) is 0.433. The van der Waals surface area contributed by atoms with Gasteiger partial charge in [-0.1, -0.05) is 26.2 Å². The van der Waals surface area contributed by atoms with Crippen LogP contribution in [0.3, 0.4) is 0 Å². The fourth-order valence-corrected chi connectivity index (χ4v) is 1.19. The predicted octanol–water partition coefficient (Wildman–Crippen LogP) is 2.48. The zero-order valence-corrected chi connectivity index (χ0v) is 7.93. The van der Waals surface area contributed by atoms with E-state index in [0.29, 0.717) is 6.04 Å². The van der Waals surface area contributed by atoms with Gasteiger partial charge in [-0.2, -0.15) is 0 Å². The summed E-state index contributed by atoms with van der Waals surface area (Å²) >= 11 is 0. The zero-order chi connectivity index (χ0) is 8.69. The normalized spacial score (nSPS) is 12.2. The van der Waals surface area contributed by atoms with Crippen molar-refractivity contribution < 1.29 is 0 Å². The molecule has 1 nitrogen and oxygen atoms in total. The van der Waals surface area contributed by atoms with E-state index in [2.05, 4.69) is 31.7 Å². The van der Waals surface area contributed by atoms with Crippen molar-refractivity contribution in [1.29, 1.82) is 0 Å². The maximum atomic E-state index is 5.33. The van der Waals surface area contributed by atoms with Gasteiger partial charge in [0.1, 0.15) is 0 Å². The third-order valence-electron chi connectivity index (χ3n) is 2.01. The number of unbranched alkanes of at least 4 members (excludes halogenated alkanes) is 1. The van der Waals surface area contributed by atoms with Gasteiger partial charge < -0.3 is 4.90 Å². The molecule has 0 saturated heterocycles. The minimum Gasteiger partial charge on any atom is -0.330 e. The molecule has 0 amide bonds. The second kappa shape index (κ2) is 6.09. The van der Waals surface area contributed by atoms with Crippen LogP contribution in [0.1, 0.15) is 40.0 Å². The molecule has 0 aromatic heterocycles. The highest BCUT2D eigenvalue weighted by Gasteiger charge is 2.06. The Balaban J connectivity index is 3.62. The maximum Gasteiger partial charge on any atom is 0.0343 e. The van der Waals surface area contributed by atoms with Crippen LogP contribution in [0.25, 0.3) is 0 Å². The summed E-state index contributed by atoms with van der Waals surface area (Å²) in [4.78, 5) is 2.05. The lowest BCUT2D eigenvalue weighted by atomic mass is 10.1. The lowest BCUT2D eigenvalue weighted by Crippen LogP contribution is -2.27. The van der Waals surface area contributed by atoms with E-state index < -0.39 is 0 Å². The van der Waals surface area contributed by atoms with Crippen molar-refractivity contribution >= 4 is 0 Å². The van der Waals surface area contributed by atoms with E-state index in [1.807, 2.05) is 0 Å². The zero-order valence-electron chi connectivity index (χ0n) is 7.93. The van der Waals surface area contributed by atoms with Gasteiger partial charge in [-0.05, 0) is 20.3 Å². The highest BCUT2D eigenvalue weighted by molar-refractivity contribution is 4.87. The van der Waals surface area contributed by atoms with Crippen LogP contribution in [0.15, 0.2) is 0 Å². The first kappa shape index (κ1) is 10.4. The van der Waals surface area contributed by atoms with Crippen molar-refractivity contribution in [3.63, 3.8) is 0 Å².